The topological polar surface area (TPSA) is 26.3 Å². The van der Waals surface area contributed by atoms with Gasteiger partial charge in [0.15, 0.2) is 0 Å². The van der Waals surface area contributed by atoms with E-state index in [9.17, 15) is 4.79 Å². The normalized spacial score (nSPS) is 10.2. The highest BCUT2D eigenvalue weighted by molar-refractivity contribution is 7.14. The molecule has 1 aromatic carbocycles. The molecule has 17 heavy (non-hydrogen) atoms. The fraction of sp³-hybridized carbons (Fsp3) is 0.214. The maximum absolute atomic E-state index is 11.7. The van der Waals surface area contributed by atoms with Crippen LogP contribution in [0.25, 0.3) is 10.4 Å². The predicted molar refractivity (Wildman–Crippen MR) is 70.4 cm³/mol. The summed E-state index contributed by atoms with van der Waals surface area (Å²) in [4.78, 5) is 12.8. The summed E-state index contributed by atoms with van der Waals surface area (Å²) in [5, 5.41) is 1.87. The van der Waals surface area contributed by atoms with Gasteiger partial charge in [-0.05, 0) is 25.0 Å². The fourth-order valence-corrected chi connectivity index (χ4v) is 2.77. The molecule has 0 radical (unpaired) electrons. The van der Waals surface area contributed by atoms with Gasteiger partial charge < -0.3 is 4.74 Å². The number of esters is 1. The molecule has 2 aromatic rings. The van der Waals surface area contributed by atoms with Crippen LogP contribution in [0.1, 0.15) is 22.8 Å². The number of carbonyl (C=O) groups excluding carboxylic acids is 1. The van der Waals surface area contributed by atoms with E-state index >= 15 is 0 Å². The van der Waals surface area contributed by atoms with Gasteiger partial charge in [-0.25, -0.2) is 4.79 Å². The molecule has 0 bridgehead atoms. The van der Waals surface area contributed by atoms with Crippen molar-refractivity contribution in [2.75, 3.05) is 6.61 Å². The summed E-state index contributed by atoms with van der Waals surface area (Å²) >= 11 is 1.58. The van der Waals surface area contributed by atoms with Crippen LogP contribution >= 0.6 is 11.3 Å². The molecule has 0 atom stereocenters. The number of hydrogen-bond acceptors (Lipinski definition) is 3. The first-order valence-electron chi connectivity index (χ1n) is 5.54. The van der Waals surface area contributed by atoms with Crippen molar-refractivity contribution in [1.29, 1.82) is 0 Å². The molecule has 2 rings (SSSR count). The van der Waals surface area contributed by atoms with E-state index in [4.69, 9.17) is 4.74 Å². The molecule has 0 aliphatic heterocycles. The Morgan fingerprint density at radius 3 is 2.65 bits per heavy atom. The van der Waals surface area contributed by atoms with Crippen molar-refractivity contribution >= 4 is 17.3 Å². The van der Waals surface area contributed by atoms with Crippen LogP contribution in [0.4, 0.5) is 0 Å². The van der Waals surface area contributed by atoms with E-state index in [0.717, 1.165) is 16.0 Å². The van der Waals surface area contributed by atoms with Crippen molar-refractivity contribution in [3.63, 3.8) is 0 Å². The second kappa shape index (κ2) is 5.15. The van der Waals surface area contributed by atoms with Crippen LogP contribution in [0.2, 0.25) is 0 Å². The third-order valence-electron chi connectivity index (χ3n) is 2.57. The Bertz CT molecular complexity index is 514. The van der Waals surface area contributed by atoms with Gasteiger partial charge in [0.05, 0.1) is 12.2 Å². The second-order valence-electron chi connectivity index (χ2n) is 3.69. The third kappa shape index (κ3) is 2.39. The molecular weight excluding hydrogens is 232 g/mol. The van der Waals surface area contributed by atoms with Gasteiger partial charge >= 0.3 is 5.97 Å². The van der Waals surface area contributed by atoms with Crippen LogP contribution in [0, 0.1) is 6.92 Å². The Morgan fingerprint density at radius 2 is 2.00 bits per heavy atom. The number of rotatable bonds is 3. The molecule has 1 aromatic heterocycles. The molecule has 0 saturated heterocycles. The second-order valence-corrected chi connectivity index (χ2v) is 4.57. The quantitative estimate of drug-likeness (QED) is 0.768. The third-order valence-corrected chi connectivity index (χ3v) is 3.70. The van der Waals surface area contributed by atoms with Gasteiger partial charge in [0.25, 0.3) is 0 Å². The summed E-state index contributed by atoms with van der Waals surface area (Å²) in [5.74, 6) is -0.233. The van der Waals surface area contributed by atoms with Gasteiger partial charge in [-0.1, -0.05) is 30.3 Å². The number of carbonyl (C=O) groups is 1. The van der Waals surface area contributed by atoms with Gasteiger partial charge in [-0.3, -0.25) is 0 Å². The van der Waals surface area contributed by atoms with E-state index < -0.39 is 0 Å². The summed E-state index contributed by atoms with van der Waals surface area (Å²) in [6.07, 6.45) is 0. The Kier molecular flexibility index (Phi) is 3.59. The molecule has 0 fully saturated rings. The van der Waals surface area contributed by atoms with Crippen LogP contribution in [-0.2, 0) is 4.74 Å². The van der Waals surface area contributed by atoms with E-state index in [-0.39, 0.29) is 5.97 Å². The van der Waals surface area contributed by atoms with E-state index in [1.165, 1.54) is 0 Å². The molecule has 0 unspecified atom stereocenters. The molecule has 1 heterocycles. The molecular formula is C14H14O2S. The number of hydrogen-bond donors (Lipinski definition) is 0. The van der Waals surface area contributed by atoms with Gasteiger partial charge in [-0.15, -0.1) is 11.3 Å². The zero-order valence-electron chi connectivity index (χ0n) is 9.90. The zero-order valence-corrected chi connectivity index (χ0v) is 10.7. The summed E-state index contributed by atoms with van der Waals surface area (Å²) in [5.41, 5.74) is 2.82. The maximum Gasteiger partial charge on any atom is 0.339 e. The highest BCUT2D eigenvalue weighted by atomic mass is 32.1. The van der Waals surface area contributed by atoms with E-state index in [2.05, 4.69) is 0 Å². The Hall–Kier alpha value is -1.61. The SMILES string of the molecule is CCOC(=O)c1csc(-c2ccccc2)c1C. The minimum Gasteiger partial charge on any atom is -0.462 e. The zero-order chi connectivity index (χ0) is 12.3. The minimum absolute atomic E-state index is 0.233. The first-order valence-corrected chi connectivity index (χ1v) is 6.42. The first kappa shape index (κ1) is 11.9. The average molecular weight is 246 g/mol. The molecule has 2 nitrogen and oxygen atoms in total. The summed E-state index contributed by atoms with van der Waals surface area (Å²) in [7, 11) is 0. The van der Waals surface area contributed by atoms with Gasteiger partial charge in [0.2, 0.25) is 0 Å². The monoisotopic (exact) mass is 246 g/mol. The predicted octanol–water partition coefficient (Wildman–Crippen LogP) is 3.90. The van der Waals surface area contributed by atoms with E-state index in [0.29, 0.717) is 12.2 Å². The van der Waals surface area contributed by atoms with Crippen LogP contribution in [-0.4, -0.2) is 12.6 Å². The number of ether oxygens (including phenoxy) is 1. The largest absolute Gasteiger partial charge is 0.462 e. The van der Waals surface area contributed by atoms with E-state index in [1.54, 1.807) is 11.3 Å². The van der Waals surface area contributed by atoms with Crippen LogP contribution in [0.15, 0.2) is 35.7 Å². The first-order chi connectivity index (χ1) is 8.24. The van der Waals surface area contributed by atoms with Crippen LogP contribution in [0.5, 0.6) is 0 Å². The highest BCUT2D eigenvalue weighted by Crippen LogP contribution is 2.32. The lowest BCUT2D eigenvalue weighted by atomic mass is 10.1. The van der Waals surface area contributed by atoms with Crippen molar-refractivity contribution in [2.24, 2.45) is 0 Å². The molecule has 0 aliphatic carbocycles. The number of thiophene rings is 1. The van der Waals surface area contributed by atoms with Crippen molar-refractivity contribution in [2.45, 2.75) is 13.8 Å². The fourth-order valence-electron chi connectivity index (χ4n) is 1.70. The lowest BCUT2D eigenvalue weighted by molar-refractivity contribution is 0.0526. The highest BCUT2D eigenvalue weighted by Gasteiger charge is 2.15. The van der Waals surface area contributed by atoms with Crippen LogP contribution in [0.3, 0.4) is 0 Å². The maximum atomic E-state index is 11.7. The molecule has 88 valence electrons. The standard InChI is InChI=1S/C14H14O2S/c1-3-16-14(15)12-9-17-13(10(12)2)11-7-5-4-6-8-11/h4-9H,3H2,1-2H3. The molecule has 0 saturated carbocycles. The summed E-state index contributed by atoms with van der Waals surface area (Å²) in [6, 6.07) is 10.1. The Morgan fingerprint density at radius 1 is 1.29 bits per heavy atom. The molecule has 0 N–H and O–H groups in total. The lowest BCUT2D eigenvalue weighted by Crippen LogP contribution is -2.04. The summed E-state index contributed by atoms with van der Waals surface area (Å²) in [6.45, 7) is 4.19. The minimum atomic E-state index is -0.233. The average Bonchev–Trinajstić information content (AvgIpc) is 2.72. The van der Waals surface area contributed by atoms with E-state index in [1.807, 2.05) is 49.6 Å². The van der Waals surface area contributed by atoms with Crippen LogP contribution < -0.4 is 0 Å². The van der Waals surface area contributed by atoms with Gasteiger partial charge in [-0.2, -0.15) is 0 Å². The molecule has 0 aliphatic rings. The summed E-state index contributed by atoms with van der Waals surface area (Å²) < 4.78 is 5.03. The van der Waals surface area contributed by atoms with Crippen molar-refractivity contribution in [1.82, 2.24) is 0 Å². The van der Waals surface area contributed by atoms with Crippen molar-refractivity contribution in [3.8, 4) is 10.4 Å². The Labute approximate surface area is 105 Å². The van der Waals surface area contributed by atoms with Crippen molar-refractivity contribution < 1.29 is 9.53 Å². The molecule has 3 heteroatoms. The number of benzene rings is 1. The Balaban J connectivity index is 2.37. The molecule has 0 spiro atoms. The van der Waals surface area contributed by atoms with Gasteiger partial charge in [0, 0.05) is 10.3 Å². The lowest BCUT2D eigenvalue weighted by Gasteiger charge is -2.02. The van der Waals surface area contributed by atoms with Gasteiger partial charge in [0.1, 0.15) is 0 Å². The molecule has 0 amide bonds. The van der Waals surface area contributed by atoms with Crippen molar-refractivity contribution in [3.05, 3.63) is 46.8 Å². The smallest absolute Gasteiger partial charge is 0.339 e.